The quantitative estimate of drug-likeness (QED) is 0.630. The number of nitrogens with zero attached hydrogens (tertiary/aromatic N) is 3. The van der Waals surface area contributed by atoms with E-state index in [1.807, 2.05) is 0 Å². The third-order valence-electron chi connectivity index (χ3n) is 2.42. The van der Waals surface area contributed by atoms with E-state index in [1.54, 1.807) is 30.2 Å². The summed E-state index contributed by atoms with van der Waals surface area (Å²) in [5, 5.41) is 0. The first-order chi connectivity index (χ1) is 6.74. The molecule has 0 N–H and O–H groups in total. The van der Waals surface area contributed by atoms with Crippen molar-refractivity contribution < 1.29 is 9.59 Å². The maximum absolute atomic E-state index is 11.7. The summed E-state index contributed by atoms with van der Waals surface area (Å²) in [7, 11) is 0. The predicted molar refractivity (Wildman–Crippen MR) is 48.3 cm³/mol. The molecule has 2 rings (SSSR count). The second-order valence-corrected chi connectivity index (χ2v) is 3.21. The van der Waals surface area contributed by atoms with Crippen LogP contribution in [-0.2, 0) is 9.59 Å². The molecule has 1 aromatic rings. The maximum atomic E-state index is 11.7. The van der Waals surface area contributed by atoms with Crippen LogP contribution < -0.4 is 0 Å². The van der Waals surface area contributed by atoms with Gasteiger partial charge in [-0.3, -0.25) is 14.5 Å². The third-order valence-corrected chi connectivity index (χ3v) is 2.42. The molecule has 0 spiro atoms. The Kier molecular flexibility index (Phi) is 2.07. The van der Waals surface area contributed by atoms with E-state index in [0.29, 0.717) is 6.54 Å². The molecule has 1 fully saturated rings. The number of amides is 2. The first-order valence-electron chi connectivity index (χ1n) is 4.55. The normalized spacial score (nSPS) is 22.1. The molecule has 2 heterocycles. The lowest BCUT2D eigenvalue weighted by atomic mass is 10.2. The lowest BCUT2D eigenvalue weighted by molar-refractivity contribution is -0.138. The molecule has 14 heavy (non-hydrogen) atoms. The number of carbonyl (C=O) groups is 2. The fraction of sp³-hybridized carbons (Fsp3) is 0.444. The van der Waals surface area contributed by atoms with Crippen molar-refractivity contribution in [3.63, 3.8) is 0 Å². The largest absolute Gasteiger partial charge is 0.324 e. The minimum atomic E-state index is -0.384. The topological polar surface area (TPSA) is 55.2 Å². The van der Waals surface area contributed by atoms with Crippen molar-refractivity contribution in [1.29, 1.82) is 0 Å². The van der Waals surface area contributed by atoms with Gasteiger partial charge in [-0.25, -0.2) is 4.98 Å². The van der Waals surface area contributed by atoms with Gasteiger partial charge in [0.05, 0.1) is 12.7 Å². The van der Waals surface area contributed by atoms with Crippen LogP contribution in [0.2, 0.25) is 0 Å². The molecule has 1 atom stereocenters. The van der Waals surface area contributed by atoms with Crippen LogP contribution in [0.3, 0.4) is 0 Å². The van der Waals surface area contributed by atoms with Crippen molar-refractivity contribution in [3.05, 3.63) is 18.7 Å². The molecular formula is C9H11N3O2. The van der Waals surface area contributed by atoms with Crippen molar-refractivity contribution in [2.24, 2.45) is 0 Å². The number of hydrogen-bond donors (Lipinski definition) is 0. The minimum Gasteiger partial charge on any atom is -0.324 e. The lowest BCUT2D eigenvalue weighted by Gasteiger charge is -2.12. The summed E-state index contributed by atoms with van der Waals surface area (Å²) in [4.78, 5) is 28.2. The fourth-order valence-corrected chi connectivity index (χ4v) is 1.68. The molecule has 0 aromatic carbocycles. The number of rotatable bonds is 2. The Hall–Kier alpha value is -1.65. The highest BCUT2D eigenvalue weighted by molar-refractivity contribution is 6.04. The van der Waals surface area contributed by atoms with Crippen LogP contribution in [0.4, 0.5) is 0 Å². The highest BCUT2D eigenvalue weighted by Gasteiger charge is 2.38. The van der Waals surface area contributed by atoms with Gasteiger partial charge in [-0.2, -0.15) is 0 Å². The van der Waals surface area contributed by atoms with Crippen LogP contribution in [0, 0.1) is 0 Å². The Balaban J connectivity index is 2.25. The summed E-state index contributed by atoms with van der Waals surface area (Å²) >= 11 is 0. The van der Waals surface area contributed by atoms with Gasteiger partial charge >= 0.3 is 0 Å². The number of imide groups is 1. The van der Waals surface area contributed by atoms with Gasteiger partial charge in [0, 0.05) is 18.9 Å². The monoisotopic (exact) mass is 193 g/mol. The Morgan fingerprint density at radius 1 is 1.57 bits per heavy atom. The van der Waals surface area contributed by atoms with Crippen LogP contribution in [0.15, 0.2) is 18.7 Å². The number of aromatic nitrogens is 2. The zero-order valence-corrected chi connectivity index (χ0v) is 7.88. The first kappa shape index (κ1) is 8.93. The smallest absolute Gasteiger partial charge is 0.252 e. The zero-order valence-electron chi connectivity index (χ0n) is 7.88. The van der Waals surface area contributed by atoms with E-state index in [2.05, 4.69) is 4.98 Å². The van der Waals surface area contributed by atoms with E-state index in [9.17, 15) is 9.59 Å². The van der Waals surface area contributed by atoms with Crippen molar-refractivity contribution in [2.45, 2.75) is 19.4 Å². The van der Waals surface area contributed by atoms with E-state index in [1.165, 1.54) is 4.90 Å². The number of carbonyl (C=O) groups excluding carboxylic acids is 2. The van der Waals surface area contributed by atoms with Gasteiger partial charge in [0.2, 0.25) is 5.91 Å². The summed E-state index contributed by atoms with van der Waals surface area (Å²) in [6.07, 6.45) is 5.12. The third kappa shape index (κ3) is 1.21. The molecule has 74 valence electrons. The van der Waals surface area contributed by atoms with Gasteiger partial charge in [-0.1, -0.05) is 0 Å². The average molecular weight is 193 g/mol. The van der Waals surface area contributed by atoms with Gasteiger partial charge in [-0.05, 0) is 6.92 Å². The van der Waals surface area contributed by atoms with E-state index in [4.69, 9.17) is 0 Å². The summed E-state index contributed by atoms with van der Waals surface area (Å²) in [6.45, 7) is 2.24. The molecule has 1 aliphatic heterocycles. The Morgan fingerprint density at radius 2 is 2.36 bits per heavy atom. The molecule has 5 heteroatoms. The molecular weight excluding hydrogens is 182 g/mol. The van der Waals surface area contributed by atoms with Crippen LogP contribution in [0.1, 0.15) is 19.4 Å². The second kappa shape index (κ2) is 3.25. The second-order valence-electron chi connectivity index (χ2n) is 3.21. The number of imidazole rings is 1. The molecule has 1 aliphatic rings. The van der Waals surface area contributed by atoms with E-state index >= 15 is 0 Å². The number of hydrogen-bond acceptors (Lipinski definition) is 3. The van der Waals surface area contributed by atoms with Gasteiger partial charge in [0.15, 0.2) is 0 Å². The van der Waals surface area contributed by atoms with Crippen molar-refractivity contribution in [2.75, 3.05) is 6.54 Å². The van der Waals surface area contributed by atoms with E-state index in [-0.39, 0.29) is 24.3 Å². The number of likely N-dealkylation sites (N-methyl/N-ethyl adjacent to an activating group) is 1. The van der Waals surface area contributed by atoms with Crippen LogP contribution in [0.5, 0.6) is 0 Å². The van der Waals surface area contributed by atoms with Gasteiger partial charge in [0.1, 0.15) is 6.04 Å². The molecule has 1 unspecified atom stereocenters. The standard InChI is InChI=1S/C9H11N3O2/c1-2-12-8(13)5-7(9(12)14)11-4-3-10-6-11/h3-4,6-7H,2,5H2,1H3. The van der Waals surface area contributed by atoms with Gasteiger partial charge < -0.3 is 4.57 Å². The van der Waals surface area contributed by atoms with Crippen molar-refractivity contribution >= 4 is 11.8 Å². The van der Waals surface area contributed by atoms with Crippen LogP contribution in [0.25, 0.3) is 0 Å². The fourth-order valence-electron chi connectivity index (χ4n) is 1.68. The molecule has 0 saturated carbocycles. The SMILES string of the molecule is CCN1C(=O)CC(n2ccnc2)C1=O. The molecule has 2 amide bonds. The Bertz CT molecular complexity index is 358. The molecule has 0 aliphatic carbocycles. The Labute approximate surface area is 81.3 Å². The molecule has 0 radical (unpaired) electrons. The maximum Gasteiger partial charge on any atom is 0.252 e. The highest BCUT2D eigenvalue weighted by Crippen LogP contribution is 2.23. The van der Waals surface area contributed by atoms with Crippen LogP contribution >= 0.6 is 0 Å². The zero-order chi connectivity index (χ0) is 10.1. The highest BCUT2D eigenvalue weighted by atomic mass is 16.2. The molecule has 1 saturated heterocycles. The van der Waals surface area contributed by atoms with Crippen LogP contribution in [-0.4, -0.2) is 32.8 Å². The summed E-state index contributed by atoms with van der Waals surface area (Å²) in [5.74, 6) is -0.230. The number of likely N-dealkylation sites (tertiary alicyclic amines) is 1. The Morgan fingerprint density at radius 3 is 2.86 bits per heavy atom. The lowest BCUT2D eigenvalue weighted by Crippen LogP contribution is -2.30. The average Bonchev–Trinajstić information content (AvgIpc) is 2.74. The van der Waals surface area contributed by atoms with Crippen molar-refractivity contribution in [1.82, 2.24) is 14.5 Å². The summed E-state index contributed by atoms with van der Waals surface area (Å²) < 4.78 is 1.68. The molecule has 0 bridgehead atoms. The first-order valence-corrected chi connectivity index (χ1v) is 4.55. The molecule has 1 aromatic heterocycles. The minimum absolute atomic E-state index is 0.101. The summed E-state index contributed by atoms with van der Waals surface area (Å²) in [6, 6.07) is -0.384. The van der Waals surface area contributed by atoms with Gasteiger partial charge in [0.25, 0.3) is 5.91 Å². The molecule has 5 nitrogen and oxygen atoms in total. The van der Waals surface area contributed by atoms with E-state index in [0.717, 1.165) is 0 Å². The van der Waals surface area contributed by atoms with E-state index < -0.39 is 0 Å². The van der Waals surface area contributed by atoms with Crippen molar-refractivity contribution in [3.8, 4) is 0 Å². The van der Waals surface area contributed by atoms with Gasteiger partial charge in [-0.15, -0.1) is 0 Å². The summed E-state index contributed by atoms with van der Waals surface area (Å²) in [5.41, 5.74) is 0. The predicted octanol–water partition coefficient (Wildman–Crippen LogP) is 0.203.